The predicted octanol–water partition coefficient (Wildman–Crippen LogP) is 6.85. The lowest BCUT2D eigenvalue weighted by molar-refractivity contribution is -0.380. The Hall–Kier alpha value is -4.21. The monoisotopic (exact) mass is 512 g/mol. The zero-order valence-electron chi connectivity index (χ0n) is 19.2. The number of thiophene rings is 1. The first-order chi connectivity index (χ1) is 17.5. The zero-order valence-corrected chi connectivity index (χ0v) is 20.8. The molecular weight excluding hydrogens is 492 g/mol. The number of anilines is 1. The number of aromatic nitrogens is 1. The molecule has 0 aliphatic heterocycles. The molecule has 0 aliphatic rings. The number of hydrazone groups is 1. The van der Waals surface area contributed by atoms with Crippen molar-refractivity contribution in [3.05, 3.63) is 122 Å². The molecule has 0 radical (unpaired) electrons. The third-order valence-electron chi connectivity index (χ3n) is 5.45. The number of aryl methyl sites for hydroxylation is 1. The van der Waals surface area contributed by atoms with Gasteiger partial charge in [-0.25, -0.2) is 4.98 Å². The standard InChI is InChI=1S/C27H20N4O3S2/c1-18-7-13-23-24(15-18)36-27(29-23)30(28-17-22-12-14-25(35-22)31(33)34)26(32)21-10-8-20(9-11-21)16-19-5-3-2-4-6-19/h2-15,17H,16H2,1H3/b28-17+. The van der Waals surface area contributed by atoms with Crippen LogP contribution in [0.25, 0.3) is 10.2 Å². The van der Waals surface area contributed by atoms with Gasteiger partial charge >= 0.3 is 5.00 Å². The fraction of sp³-hybridized carbons (Fsp3) is 0.0741. The van der Waals surface area contributed by atoms with Crippen LogP contribution in [-0.4, -0.2) is 22.0 Å². The minimum atomic E-state index is -0.447. The van der Waals surface area contributed by atoms with E-state index in [2.05, 4.69) is 22.2 Å². The van der Waals surface area contributed by atoms with Crippen molar-refractivity contribution in [2.24, 2.45) is 5.10 Å². The first kappa shape index (κ1) is 23.5. The molecule has 7 nitrogen and oxygen atoms in total. The van der Waals surface area contributed by atoms with E-state index in [4.69, 9.17) is 0 Å². The molecule has 0 saturated carbocycles. The van der Waals surface area contributed by atoms with Crippen molar-refractivity contribution in [1.29, 1.82) is 0 Å². The van der Waals surface area contributed by atoms with E-state index in [0.29, 0.717) is 15.6 Å². The number of thiazole rings is 1. The molecule has 0 aliphatic carbocycles. The number of rotatable bonds is 7. The molecule has 0 unspecified atom stereocenters. The molecule has 0 N–H and O–H groups in total. The third kappa shape index (κ3) is 5.22. The van der Waals surface area contributed by atoms with Crippen molar-refractivity contribution in [1.82, 2.24) is 4.98 Å². The van der Waals surface area contributed by atoms with E-state index in [1.807, 2.05) is 55.5 Å². The molecule has 2 aromatic heterocycles. The van der Waals surface area contributed by atoms with Crippen LogP contribution < -0.4 is 5.01 Å². The van der Waals surface area contributed by atoms with Crippen LogP contribution in [0.4, 0.5) is 10.1 Å². The molecule has 0 saturated heterocycles. The Labute approximate surface area is 215 Å². The second-order valence-corrected chi connectivity index (χ2v) is 10.2. The Morgan fingerprint density at radius 2 is 1.75 bits per heavy atom. The highest BCUT2D eigenvalue weighted by molar-refractivity contribution is 7.22. The molecule has 2 heterocycles. The van der Waals surface area contributed by atoms with Crippen LogP contribution in [0, 0.1) is 17.0 Å². The van der Waals surface area contributed by atoms with Crippen LogP contribution in [0.15, 0.2) is 90.0 Å². The fourth-order valence-electron chi connectivity index (χ4n) is 3.64. The summed E-state index contributed by atoms with van der Waals surface area (Å²) in [6.07, 6.45) is 2.22. The first-order valence-corrected chi connectivity index (χ1v) is 12.7. The van der Waals surface area contributed by atoms with Gasteiger partial charge in [0, 0.05) is 11.6 Å². The molecule has 3 aromatic carbocycles. The lowest BCUT2D eigenvalue weighted by atomic mass is 10.0. The maximum atomic E-state index is 13.6. The highest BCUT2D eigenvalue weighted by atomic mass is 32.1. The largest absolute Gasteiger partial charge is 0.324 e. The first-order valence-electron chi connectivity index (χ1n) is 11.1. The van der Waals surface area contributed by atoms with Crippen LogP contribution in [0.1, 0.15) is 31.9 Å². The van der Waals surface area contributed by atoms with Gasteiger partial charge < -0.3 is 0 Å². The number of nitrogens with zero attached hydrogens (tertiary/aromatic N) is 4. The van der Waals surface area contributed by atoms with E-state index >= 15 is 0 Å². The summed E-state index contributed by atoms with van der Waals surface area (Å²) in [5.74, 6) is -0.334. The second kappa shape index (κ2) is 10.2. The highest BCUT2D eigenvalue weighted by Gasteiger charge is 2.21. The number of amides is 1. The maximum absolute atomic E-state index is 13.6. The molecule has 36 heavy (non-hydrogen) atoms. The average Bonchev–Trinajstić information content (AvgIpc) is 3.52. The Balaban J connectivity index is 1.46. The lowest BCUT2D eigenvalue weighted by Gasteiger charge is -2.14. The number of carbonyl (C=O) groups excluding carboxylic acids is 1. The van der Waals surface area contributed by atoms with Gasteiger partial charge in [0.1, 0.15) is 0 Å². The van der Waals surface area contributed by atoms with Gasteiger partial charge in [0.15, 0.2) is 0 Å². The van der Waals surface area contributed by atoms with Gasteiger partial charge in [0.25, 0.3) is 5.91 Å². The Morgan fingerprint density at radius 1 is 1.00 bits per heavy atom. The van der Waals surface area contributed by atoms with Crippen molar-refractivity contribution in [3.8, 4) is 0 Å². The summed E-state index contributed by atoms with van der Waals surface area (Å²) < 4.78 is 0.947. The summed E-state index contributed by atoms with van der Waals surface area (Å²) in [5.41, 5.74) is 4.63. The number of hydrogen-bond donors (Lipinski definition) is 0. The summed E-state index contributed by atoms with van der Waals surface area (Å²) in [7, 11) is 0. The SMILES string of the molecule is Cc1ccc2nc(N(/N=C/c3ccc([N+](=O)[O-])s3)C(=O)c3ccc(Cc4ccccc4)cc3)sc2c1. The molecular formula is C27H20N4O3S2. The van der Waals surface area contributed by atoms with Gasteiger partial charge in [-0.05, 0) is 60.4 Å². The summed E-state index contributed by atoms with van der Waals surface area (Å²) in [6.45, 7) is 2.00. The lowest BCUT2D eigenvalue weighted by Crippen LogP contribution is -2.25. The number of nitro groups is 1. The zero-order chi connectivity index (χ0) is 25.1. The van der Waals surface area contributed by atoms with Crippen molar-refractivity contribution in [2.45, 2.75) is 13.3 Å². The van der Waals surface area contributed by atoms with Gasteiger partial charge in [0.2, 0.25) is 5.13 Å². The topological polar surface area (TPSA) is 88.7 Å². The maximum Gasteiger partial charge on any atom is 0.324 e. The Bertz CT molecular complexity index is 1570. The minimum absolute atomic E-state index is 0.0128. The quantitative estimate of drug-likeness (QED) is 0.136. The molecule has 178 valence electrons. The van der Waals surface area contributed by atoms with E-state index in [0.717, 1.165) is 39.1 Å². The van der Waals surface area contributed by atoms with Crippen molar-refractivity contribution >= 4 is 55.1 Å². The molecule has 0 bridgehead atoms. The highest BCUT2D eigenvalue weighted by Crippen LogP contribution is 2.31. The number of benzene rings is 3. The smallest absolute Gasteiger partial charge is 0.267 e. The van der Waals surface area contributed by atoms with Crippen LogP contribution in [0.2, 0.25) is 0 Å². The van der Waals surface area contributed by atoms with Crippen LogP contribution in [-0.2, 0) is 6.42 Å². The van der Waals surface area contributed by atoms with Gasteiger partial charge in [-0.3, -0.25) is 14.9 Å². The Kier molecular flexibility index (Phi) is 6.66. The minimum Gasteiger partial charge on any atom is -0.267 e. The van der Waals surface area contributed by atoms with E-state index in [9.17, 15) is 14.9 Å². The molecule has 0 spiro atoms. The van der Waals surface area contributed by atoms with Crippen LogP contribution in [0.3, 0.4) is 0 Å². The predicted molar refractivity (Wildman–Crippen MR) is 145 cm³/mol. The molecule has 9 heteroatoms. The Morgan fingerprint density at radius 3 is 2.47 bits per heavy atom. The fourth-order valence-corrected chi connectivity index (χ4v) is 5.35. The van der Waals surface area contributed by atoms with Crippen molar-refractivity contribution in [3.63, 3.8) is 0 Å². The van der Waals surface area contributed by atoms with Gasteiger partial charge in [-0.2, -0.15) is 10.1 Å². The number of fused-ring (bicyclic) bond motifs is 1. The van der Waals surface area contributed by atoms with Crippen molar-refractivity contribution < 1.29 is 9.72 Å². The normalized spacial score (nSPS) is 11.2. The van der Waals surface area contributed by atoms with E-state index in [1.54, 1.807) is 18.2 Å². The van der Waals surface area contributed by atoms with E-state index in [-0.39, 0.29) is 10.9 Å². The van der Waals surface area contributed by atoms with Crippen LogP contribution in [0.5, 0.6) is 0 Å². The molecule has 0 fully saturated rings. The summed E-state index contributed by atoms with van der Waals surface area (Å²) in [5, 5.41) is 17.2. The molecule has 5 aromatic rings. The number of carbonyl (C=O) groups is 1. The van der Waals surface area contributed by atoms with Crippen LogP contribution >= 0.6 is 22.7 Å². The van der Waals surface area contributed by atoms with Crippen molar-refractivity contribution in [2.75, 3.05) is 5.01 Å². The number of hydrogen-bond acceptors (Lipinski definition) is 7. The van der Waals surface area contributed by atoms with Gasteiger partial charge in [-0.15, -0.1) is 0 Å². The summed E-state index contributed by atoms with van der Waals surface area (Å²) in [6, 6.07) is 26.5. The van der Waals surface area contributed by atoms with E-state index < -0.39 is 4.92 Å². The summed E-state index contributed by atoms with van der Waals surface area (Å²) >= 11 is 2.36. The molecule has 5 rings (SSSR count). The van der Waals surface area contributed by atoms with Gasteiger partial charge in [0.05, 0.1) is 26.2 Å². The molecule has 0 atom stereocenters. The average molecular weight is 513 g/mol. The third-order valence-corrected chi connectivity index (χ3v) is 7.42. The van der Waals surface area contributed by atoms with E-state index in [1.165, 1.54) is 34.2 Å². The summed E-state index contributed by atoms with van der Waals surface area (Å²) in [4.78, 5) is 29.3. The van der Waals surface area contributed by atoms with Gasteiger partial charge in [-0.1, -0.05) is 71.2 Å². The second-order valence-electron chi connectivity index (χ2n) is 8.12. The molecule has 1 amide bonds.